The largest absolute Gasteiger partial charge is 0.497 e. The average Bonchev–Trinajstić information content (AvgIpc) is 2.67. The second kappa shape index (κ2) is 8.52. The molecule has 1 aliphatic heterocycles. The van der Waals surface area contributed by atoms with Gasteiger partial charge in [0.2, 0.25) is 0 Å². The minimum atomic E-state index is -3.28. The number of carbonyl (C=O) groups is 2. The van der Waals surface area contributed by atoms with Gasteiger partial charge in [0.05, 0.1) is 27.2 Å². The smallest absolute Gasteiger partial charge is 0.405 e. The number of hydrogen-bond donors (Lipinski definition) is 2. The highest BCUT2D eigenvalue weighted by atomic mass is 19.3. The topological polar surface area (TPSA) is 88.1 Å². The van der Waals surface area contributed by atoms with Crippen molar-refractivity contribution in [1.29, 1.82) is 0 Å². The standard InChI is InChI=1S/C20H28F2N2O5/c1-19(2,3)17-16(23-18(26)27)14(25)9-20(21,22)11-24(17)10-12-6-7-13(28-4)8-15(12)29-5/h6-8,16-17,23H,9-11H2,1-5H3,(H,26,27)/t16?,17-/m0/s1. The Hall–Kier alpha value is -2.42. The molecule has 1 aromatic rings. The number of Topliss-reactive ketones (excluding diaryl/α,β-unsaturated/α-hetero) is 1. The van der Waals surface area contributed by atoms with Crippen LogP contribution in [0.3, 0.4) is 0 Å². The summed E-state index contributed by atoms with van der Waals surface area (Å²) in [4.78, 5) is 25.3. The van der Waals surface area contributed by atoms with Crippen molar-refractivity contribution in [3.05, 3.63) is 23.8 Å². The van der Waals surface area contributed by atoms with Crippen LogP contribution < -0.4 is 14.8 Å². The SMILES string of the molecule is COc1ccc(CN2CC(F)(F)CC(=O)C(NC(=O)O)[C@H]2C(C)(C)C)c(OC)c1. The second-order valence-corrected chi connectivity index (χ2v) is 8.32. The molecule has 2 N–H and O–H groups in total. The zero-order valence-electron chi connectivity index (χ0n) is 17.3. The van der Waals surface area contributed by atoms with E-state index >= 15 is 0 Å². The molecule has 1 aliphatic rings. The third-order valence-corrected chi connectivity index (χ3v) is 4.96. The fourth-order valence-corrected chi connectivity index (χ4v) is 3.90. The zero-order valence-corrected chi connectivity index (χ0v) is 17.3. The maximum Gasteiger partial charge on any atom is 0.405 e. The summed E-state index contributed by atoms with van der Waals surface area (Å²) in [6.07, 6.45) is -2.44. The number of methoxy groups -OCH3 is 2. The monoisotopic (exact) mass is 414 g/mol. The van der Waals surface area contributed by atoms with Crippen LogP contribution in [-0.2, 0) is 11.3 Å². The van der Waals surface area contributed by atoms with Crippen molar-refractivity contribution in [3.63, 3.8) is 0 Å². The van der Waals surface area contributed by atoms with Crippen molar-refractivity contribution in [2.24, 2.45) is 5.41 Å². The number of rotatable bonds is 5. The lowest BCUT2D eigenvalue weighted by atomic mass is 9.79. The molecule has 1 saturated heterocycles. The Morgan fingerprint density at radius 3 is 2.48 bits per heavy atom. The lowest BCUT2D eigenvalue weighted by molar-refractivity contribution is -0.126. The van der Waals surface area contributed by atoms with Crippen LogP contribution in [0.5, 0.6) is 11.5 Å². The van der Waals surface area contributed by atoms with Crippen LogP contribution >= 0.6 is 0 Å². The first-order chi connectivity index (χ1) is 13.4. The zero-order chi connectivity index (χ0) is 22.0. The summed E-state index contributed by atoms with van der Waals surface area (Å²) in [6.45, 7) is 4.76. The fourth-order valence-electron chi connectivity index (χ4n) is 3.90. The summed E-state index contributed by atoms with van der Waals surface area (Å²) in [5.74, 6) is -3.09. The van der Waals surface area contributed by atoms with E-state index < -0.39 is 48.3 Å². The van der Waals surface area contributed by atoms with Gasteiger partial charge in [-0.3, -0.25) is 9.69 Å². The molecular weight excluding hydrogens is 386 g/mol. The Balaban J connectivity index is 2.52. The first-order valence-electron chi connectivity index (χ1n) is 9.23. The van der Waals surface area contributed by atoms with E-state index in [1.807, 2.05) is 0 Å². The van der Waals surface area contributed by atoms with Crippen molar-refractivity contribution in [2.75, 3.05) is 20.8 Å². The van der Waals surface area contributed by atoms with Crippen molar-refractivity contribution >= 4 is 11.9 Å². The number of carbonyl (C=O) groups excluding carboxylic acids is 1. The summed E-state index contributed by atoms with van der Waals surface area (Å²) in [5.41, 5.74) is -0.0371. The minimum absolute atomic E-state index is 0.0514. The molecule has 1 aromatic carbocycles. The Morgan fingerprint density at radius 1 is 1.31 bits per heavy atom. The first kappa shape index (κ1) is 22.9. The predicted octanol–water partition coefficient (Wildman–Crippen LogP) is 3.16. The van der Waals surface area contributed by atoms with Crippen molar-refractivity contribution in [2.45, 2.75) is 51.7 Å². The number of amides is 1. The van der Waals surface area contributed by atoms with E-state index in [2.05, 4.69) is 5.32 Å². The van der Waals surface area contributed by atoms with Gasteiger partial charge in [-0.15, -0.1) is 0 Å². The average molecular weight is 414 g/mol. The number of likely N-dealkylation sites (tertiary alicyclic amines) is 1. The maximum absolute atomic E-state index is 14.6. The Morgan fingerprint density at radius 2 is 1.97 bits per heavy atom. The molecular formula is C20H28F2N2O5. The number of benzene rings is 1. The number of nitrogens with zero attached hydrogens (tertiary/aromatic N) is 1. The summed E-state index contributed by atoms with van der Waals surface area (Å²) < 4.78 is 39.7. The first-order valence-corrected chi connectivity index (χ1v) is 9.23. The lowest BCUT2D eigenvalue weighted by Gasteiger charge is -2.42. The molecule has 0 saturated carbocycles. The van der Waals surface area contributed by atoms with Gasteiger partial charge < -0.3 is 19.9 Å². The molecule has 0 radical (unpaired) electrons. The number of carboxylic acid groups (broad SMARTS) is 1. The second-order valence-electron chi connectivity index (χ2n) is 8.32. The van der Waals surface area contributed by atoms with Gasteiger partial charge in [-0.1, -0.05) is 26.8 Å². The van der Waals surface area contributed by atoms with E-state index in [0.717, 1.165) is 0 Å². The Kier molecular flexibility index (Phi) is 6.72. The van der Waals surface area contributed by atoms with Crippen LogP contribution in [0.2, 0.25) is 0 Å². The maximum atomic E-state index is 14.6. The quantitative estimate of drug-likeness (QED) is 0.770. The molecule has 2 rings (SSSR count). The summed E-state index contributed by atoms with van der Waals surface area (Å²) in [7, 11) is 2.97. The van der Waals surface area contributed by atoms with Gasteiger partial charge in [0, 0.05) is 24.2 Å². The molecule has 7 nitrogen and oxygen atoms in total. The molecule has 9 heteroatoms. The molecule has 2 atom stereocenters. The van der Waals surface area contributed by atoms with Crippen molar-refractivity contribution in [1.82, 2.24) is 10.2 Å². The van der Waals surface area contributed by atoms with E-state index in [4.69, 9.17) is 9.47 Å². The number of ketones is 1. The van der Waals surface area contributed by atoms with E-state index in [1.54, 1.807) is 39.0 Å². The normalized spacial score (nSPS) is 22.7. The van der Waals surface area contributed by atoms with Crippen LogP contribution in [0.25, 0.3) is 0 Å². The van der Waals surface area contributed by atoms with Crippen LogP contribution in [-0.4, -0.2) is 60.7 Å². The third kappa shape index (κ3) is 5.56. The van der Waals surface area contributed by atoms with Gasteiger partial charge in [-0.25, -0.2) is 13.6 Å². The van der Waals surface area contributed by atoms with Crippen LogP contribution in [0.1, 0.15) is 32.8 Å². The molecule has 1 amide bonds. The lowest BCUT2D eigenvalue weighted by Crippen LogP contribution is -2.59. The van der Waals surface area contributed by atoms with Crippen LogP contribution in [0.15, 0.2) is 18.2 Å². The van der Waals surface area contributed by atoms with E-state index in [0.29, 0.717) is 17.1 Å². The Labute approximate surface area is 169 Å². The van der Waals surface area contributed by atoms with Gasteiger partial charge in [0.1, 0.15) is 17.5 Å². The highest BCUT2D eigenvalue weighted by Crippen LogP contribution is 2.37. The molecule has 1 unspecified atom stereocenters. The molecule has 1 fully saturated rings. The number of ether oxygens (including phenoxy) is 2. The Bertz CT molecular complexity index is 764. The molecule has 0 aromatic heterocycles. The molecule has 162 valence electrons. The van der Waals surface area contributed by atoms with Gasteiger partial charge in [-0.2, -0.15) is 0 Å². The third-order valence-electron chi connectivity index (χ3n) is 4.96. The van der Waals surface area contributed by atoms with Crippen LogP contribution in [0, 0.1) is 5.41 Å². The summed E-state index contributed by atoms with van der Waals surface area (Å²) in [5, 5.41) is 11.4. The number of alkyl halides is 2. The fraction of sp³-hybridized carbons (Fsp3) is 0.600. The number of nitrogens with one attached hydrogen (secondary N) is 1. The molecule has 29 heavy (non-hydrogen) atoms. The number of halogens is 2. The van der Waals surface area contributed by atoms with Crippen molar-refractivity contribution < 1.29 is 33.0 Å². The molecule has 0 spiro atoms. The minimum Gasteiger partial charge on any atom is -0.497 e. The predicted molar refractivity (Wildman–Crippen MR) is 103 cm³/mol. The molecule has 0 aliphatic carbocycles. The highest BCUT2D eigenvalue weighted by Gasteiger charge is 2.50. The van der Waals surface area contributed by atoms with Gasteiger partial charge in [0.15, 0.2) is 5.78 Å². The van der Waals surface area contributed by atoms with Gasteiger partial charge in [-0.05, 0) is 11.5 Å². The molecule has 1 heterocycles. The van der Waals surface area contributed by atoms with E-state index in [-0.39, 0.29) is 6.54 Å². The molecule has 0 bridgehead atoms. The van der Waals surface area contributed by atoms with E-state index in [1.165, 1.54) is 19.1 Å². The van der Waals surface area contributed by atoms with E-state index in [9.17, 15) is 23.5 Å². The summed E-state index contributed by atoms with van der Waals surface area (Å²) in [6, 6.07) is 2.99. The van der Waals surface area contributed by atoms with Gasteiger partial charge >= 0.3 is 6.09 Å². The highest BCUT2D eigenvalue weighted by molar-refractivity contribution is 5.89. The summed E-state index contributed by atoms with van der Waals surface area (Å²) >= 11 is 0. The van der Waals surface area contributed by atoms with Crippen molar-refractivity contribution in [3.8, 4) is 11.5 Å². The number of hydrogen-bond acceptors (Lipinski definition) is 5. The van der Waals surface area contributed by atoms with Gasteiger partial charge in [0.25, 0.3) is 5.92 Å². The van der Waals surface area contributed by atoms with Crippen LogP contribution in [0.4, 0.5) is 13.6 Å².